The summed E-state index contributed by atoms with van der Waals surface area (Å²) in [5.41, 5.74) is 7.08. The third kappa shape index (κ3) is 3.16. The fraction of sp³-hybridized carbons (Fsp3) is 0.571. The zero-order valence-electron chi connectivity index (χ0n) is 10.8. The quantitative estimate of drug-likeness (QED) is 0.826. The van der Waals surface area contributed by atoms with Crippen LogP contribution in [0.5, 0.6) is 0 Å². The number of aliphatic hydroxyl groups is 1. The normalized spacial score (nSPS) is 18.4. The fourth-order valence-corrected chi connectivity index (χ4v) is 3.00. The summed E-state index contributed by atoms with van der Waals surface area (Å²) in [6.45, 7) is 1.35. The molecule has 0 bridgehead atoms. The highest BCUT2D eigenvalue weighted by Gasteiger charge is 2.32. The van der Waals surface area contributed by atoms with Crippen LogP contribution in [0.2, 0.25) is 5.02 Å². The van der Waals surface area contributed by atoms with E-state index in [9.17, 15) is 5.11 Å². The van der Waals surface area contributed by atoms with Crippen molar-refractivity contribution in [2.45, 2.75) is 37.8 Å². The number of hydrogen-bond acceptors (Lipinski definition) is 3. The Balaban J connectivity index is 2.00. The van der Waals surface area contributed by atoms with Gasteiger partial charge in [-0.2, -0.15) is 0 Å². The standard InChI is InChI=1S/C14H21ClN2O/c1-17(10-14(18)7-2-3-8-14)9-11-12(15)5-4-6-13(11)16/h4-6,18H,2-3,7-10,16H2,1H3. The van der Waals surface area contributed by atoms with Crippen molar-refractivity contribution < 1.29 is 5.11 Å². The maximum Gasteiger partial charge on any atom is 0.0774 e. The van der Waals surface area contributed by atoms with Crippen molar-refractivity contribution in [1.29, 1.82) is 0 Å². The third-order valence-electron chi connectivity index (χ3n) is 3.68. The molecule has 0 amide bonds. The summed E-state index contributed by atoms with van der Waals surface area (Å²) < 4.78 is 0. The molecule has 0 radical (unpaired) electrons. The first kappa shape index (κ1) is 13.7. The molecule has 0 saturated heterocycles. The lowest BCUT2D eigenvalue weighted by Gasteiger charge is -2.29. The summed E-state index contributed by atoms with van der Waals surface area (Å²) in [4.78, 5) is 2.10. The molecule has 0 aromatic heterocycles. The molecule has 1 aliphatic carbocycles. The molecule has 0 atom stereocenters. The van der Waals surface area contributed by atoms with Gasteiger partial charge in [0.25, 0.3) is 0 Å². The second-order valence-electron chi connectivity index (χ2n) is 5.41. The Labute approximate surface area is 114 Å². The average molecular weight is 269 g/mol. The van der Waals surface area contributed by atoms with Crippen molar-refractivity contribution in [3.63, 3.8) is 0 Å². The number of benzene rings is 1. The molecule has 0 spiro atoms. The first-order valence-electron chi connectivity index (χ1n) is 6.44. The molecule has 3 nitrogen and oxygen atoms in total. The molecule has 4 heteroatoms. The van der Waals surface area contributed by atoms with Gasteiger partial charge in [-0.15, -0.1) is 0 Å². The van der Waals surface area contributed by atoms with Crippen LogP contribution in [-0.4, -0.2) is 29.2 Å². The number of rotatable bonds is 4. The van der Waals surface area contributed by atoms with Crippen molar-refractivity contribution in [2.24, 2.45) is 0 Å². The fourth-order valence-electron chi connectivity index (χ4n) is 2.76. The van der Waals surface area contributed by atoms with Crippen LogP contribution >= 0.6 is 11.6 Å². The van der Waals surface area contributed by atoms with Gasteiger partial charge in [-0.25, -0.2) is 0 Å². The van der Waals surface area contributed by atoms with Gasteiger partial charge >= 0.3 is 0 Å². The monoisotopic (exact) mass is 268 g/mol. The van der Waals surface area contributed by atoms with E-state index in [0.29, 0.717) is 23.8 Å². The van der Waals surface area contributed by atoms with E-state index < -0.39 is 5.60 Å². The number of anilines is 1. The molecule has 2 rings (SSSR count). The zero-order chi connectivity index (χ0) is 13.2. The second kappa shape index (κ2) is 5.47. The van der Waals surface area contributed by atoms with Gasteiger partial charge in [-0.3, -0.25) is 4.90 Å². The lowest BCUT2D eigenvalue weighted by Crippen LogP contribution is -2.38. The highest BCUT2D eigenvalue weighted by Crippen LogP contribution is 2.31. The zero-order valence-corrected chi connectivity index (χ0v) is 11.6. The van der Waals surface area contributed by atoms with E-state index in [4.69, 9.17) is 17.3 Å². The summed E-state index contributed by atoms with van der Waals surface area (Å²) >= 11 is 6.16. The number of nitrogens with two attached hydrogens (primary N) is 1. The molecule has 0 unspecified atom stereocenters. The molecule has 1 aromatic rings. The molecular formula is C14H21ClN2O. The van der Waals surface area contributed by atoms with E-state index in [-0.39, 0.29) is 0 Å². The van der Waals surface area contributed by atoms with Gasteiger partial charge in [0.2, 0.25) is 0 Å². The maximum absolute atomic E-state index is 10.4. The van der Waals surface area contributed by atoms with Crippen LogP contribution in [0, 0.1) is 0 Å². The molecule has 1 fully saturated rings. The van der Waals surface area contributed by atoms with Crippen LogP contribution in [0.3, 0.4) is 0 Å². The van der Waals surface area contributed by atoms with Gasteiger partial charge in [0.1, 0.15) is 0 Å². The van der Waals surface area contributed by atoms with Crippen molar-refractivity contribution in [3.8, 4) is 0 Å². The summed E-state index contributed by atoms with van der Waals surface area (Å²) in [6, 6.07) is 5.57. The Morgan fingerprint density at radius 1 is 1.39 bits per heavy atom. The van der Waals surface area contributed by atoms with Gasteiger partial charge in [0.05, 0.1) is 5.60 Å². The Hall–Kier alpha value is -0.770. The molecule has 18 heavy (non-hydrogen) atoms. The van der Waals surface area contributed by atoms with Gasteiger partial charge in [0.15, 0.2) is 0 Å². The van der Waals surface area contributed by atoms with E-state index in [1.165, 1.54) is 0 Å². The molecule has 1 aliphatic rings. The lowest BCUT2D eigenvalue weighted by atomic mass is 10.0. The van der Waals surface area contributed by atoms with Crippen LogP contribution in [0.4, 0.5) is 5.69 Å². The molecular weight excluding hydrogens is 248 g/mol. The largest absolute Gasteiger partial charge is 0.398 e. The number of hydrogen-bond donors (Lipinski definition) is 2. The van der Waals surface area contributed by atoms with Crippen LogP contribution in [0.25, 0.3) is 0 Å². The average Bonchev–Trinajstić information content (AvgIpc) is 2.70. The van der Waals surface area contributed by atoms with Crippen LogP contribution in [0.15, 0.2) is 18.2 Å². The summed E-state index contributed by atoms with van der Waals surface area (Å²) in [5.74, 6) is 0. The van der Waals surface area contributed by atoms with E-state index in [2.05, 4.69) is 4.90 Å². The van der Waals surface area contributed by atoms with Gasteiger partial charge in [0, 0.05) is 29.4 Å². The number of likely N-dealkylation sites (N-methyl/N-ethyl adjacent to an activating group) is 1. The second-order valence-corrected chi connectivity index (χ2v) is 5.82. The minimum Gasteiger partial charge on any atom is -0.398 e. The predicted octanol–water partition coefficient (Wildman–Crippen LogP) is 2.66. The Morgan fingerprint density at radius 2 is 2.06 bits per heavy atom. The van der Waals surface area contributed by atoms with Crippen LogP contribution in [0.1, 0.15) is 31.2 Å². The van der Waals surface area contributed by atoms with E-state index in [1.54, 1.807) is 0 Å². The first-order chi connectivity index (χ1) is 8.50. The van der Waals surface area contributed by atoms with Crippen LogP contribution in [-0.2, 0) is 6.54 Å². The first-order valence-corrected chi connectivity index (χ1v) is 6.82. The molecule has 1 aromatic carbocycles. The smallest absolute Gasteiger partial charge is 0.0774 e. The summed E-state index contributed by atoms with van der Waals surface area (Å²) in [6.07, 6.45) is 4.04. The predicted molar refractivity (Wildman–Crippen MR) is 75.6 cm³/mol. The van der Waals surface area contributed by atoms with Gasteiger partial charge in [-0.05, 0) is 32.0 Å². The van der Waals surface area contributed by atoms with Crippen molar-refractivity contribution >= 4 is 17.3 Å². The van der Waals surface area contributed by atoms with E-state index in [1.807, 2.05) is 25.2 Å². The van der Waals surface area contributed by atoms with Gasteiger partial charge in [-0.1, -0.05) is 30.5 Å². The Kier molecular flexibility index (Phi) is 4.15. The van der Waals surface area contributed by atoms with Crippen molar-refractivity contribution in [3.05, 3.63) is 28.8 Å². The molecule has 0 aliphatic heterocycles. The minimum absolute atomic E-state index is 0.523. The third-order valence-corrected chi connectivity index (χ3v) is 4.04. The SMILES string of the molecule is CN(Cc1c(N)cccc1Cl)CC1(O)CCCC1. The lowest BCUT2D eigenvalue weighted by molar-refractivity contribution is 0.0146. The Morgan fingerprint density at radius 3 is 2.67 bits per heavy atom. The summed E-state index contributed by atoms with van der Waals surface area (Å²) in [5, 5.41) is 11.1. The highest BCUT2D eigenvalue weighted by atomic mass is 35.5. The number of nitrogen functional groups attached to an aromatic ring is 1. The maximum atomic E-state index is 10.4. The number of halogens is 1. The topological polar surface area (TPSA) is 49.5 Å². The van der Waals surface area contributed by atoms with E-state index in [0.717, 1.165) is 31.2 Å². The number of nitrogens with zero attached hydrogens (tertiary/aromatic N) is 1. The van der Waals surface area contributed by atoms with Crippen LogP contribution < -0.4 is 5.73 Å². The molecule has 100 valence electrons. The summed E-state index contributed by atoms with van der Waals surface area (Å²) in [7, 11) is 2.00. The van der Waals surface area contributed by atoms with Crippen molar-refractivity contribution in [2.75, 3.05) is 19.3 Å². The molecule has 3 N–H and O–H groups in total. The molecule has 1 saturated carbocycles. The van der Waals surface area contributed by atoms with E-state index >= 15 is 0 Å². The van der Waals surface area contributed by atoms with Crippen molar-refractivity contribution in [1.82, 2.24) is 4.90 Å². The molecule has 0 heterocycles. The highest BCUT2D eigenvalue weighted by molar-refractivity contribution is 6.31. The Bertz CT molecular complexity index is 396. The minimum atomic E-state index is -0.523. The van der Waals surface area contributed by atoms with Gasteiger partial charge < -0.3 is 10.8 Å².